The minimum absolute atomic E-state index is 0.305. The van der Waals surface area contributed by atoms with E-state index in [1.807, 2.05) is 19.9 Å². The van der Waals surface area contributed by atoms with E-state index < -0.39 is 0 Å². The largest absolute Gasteiger partial charge is 0.308 e. The summed E-state index contributed by atoms with van der Waals surface area (Å²) < 4.78 is 0. The fourth-order valence-electron chi connectivity index (χ4n) is 2.12. The topological polar surface area (TPSA) is 50.7 Å². The summed E-state index contributed by atoms with van der Waals surface area (Å²) in [4.78, 5) is 4.50. The molecule has 4 nitrogen and oxygen atoms in total. The first-order valence-corrected chi connectivity index (χ1v) is 7.98. The minimum atomic E-state index is 0.305. The van der Waals surface area contributed by atoms with Crippen molar-refractivity contribution in [3.63, 3.8) is 0 Å². The predicted octanol–water partition coefficient (Wildman–Crippen LogP) is 3.67. The van der Waals surface area contributed by atoms with Crippen molar-refractivity contribution in [3.05, 3.63) is 28.5 Å². The smallest absolute Gasteiger partial charge is 0.149 e. The molecule has 1 N–H and O–H groups in total. The van der Waals surface area contributed by atoms with Gasteiger partial charge in [-0.1, -0.05) is 25.2 Å². The maximum absolute atomic E-state index is 4.50. The van der Waals surface area contributed by atoms with Gasteiger partial charge >= 0.3 is 0 Å². The molecule has 0 radical (unpaired) electrons. The molecule has 0 saturated carbocycles. The first-order valence-electron chi connectivity index (χ1n) is 7.17. The number of hydrogen-bond acceptors (Lipinski definition) is 5. The molecule has 2 aromatic heterocycles. The lowest BCUT2D eigenvalue weighted by molar-refractivity contribution is 0.513. The van der Waals surface area contributed by atoms with Gasteiger partial charge in [-0.3, -0.25) is 4.98 Å². The Morgan fingerprint density at radius 3 is 2.65 bits per heavy atom. The van der Waals surface area contributed by atoms with Crippen LogP contribution in [0.4, 0.5) is 0 Å². The van der Waals surface area contributed by atoms with E-state index in [4.69, 9.17) is 0 Å². The molecule has 0 spiro atoms. The van der Waals surface area contributed by atoms with Crippen molar-refractivity contribution < 1.29 is 0 Å². The molecule has 1 atom stereocenters. The fraction of sp³-hybridized carbons (Fsp3) is 0.533. The number of rotatable bonds is 6. The zero-order valence-electron chi connectivity index (χ0n) is 12.6. The second-order valence-electron chi connectivity index (χ2n) is 4.95. The number of nitrogens with one attached hydrogen (secondary N) is 1. The Kier molecular flexibility index (Phi) is 5.20. The van der Waals surface area contributed by atoms with Crippen molar-refractivity contribution in [3.8, 4) is 10.6 Å². The van der Waals surface area contributed by atoms with Crippen LogP contribution in [0.25, 0.3) is 10.6 Å². The Morgan fingerprint density at radius 2 is 2.00 bits per heavy atom. The van der Waals surface area contributed by atoms with Crippen molar-refractivity contribution in [1.82, 2.24) is 20.5 Å². The lowest BCUT2D eigenvalue weighted by Crippen LogP contribution is -2.21. The van der Waals surface area contributed by atoms with Crippen LogP contribution >= 0.6 is 11.3 Å². The van der Waals surface area contributed by atoms with Crippen molar-refractivity contribution >= 4 is 11.3 Å². The molecule has 0 bridgehead atoms. The lowest BCUT2D eigenvalue weighted by atomic mass is 10.2. The standard InChI is InChI=1S/C15H22N4S/c1-5-9-16-13(6-2)15-19-18-14(20-15)12-8-7-10(3)17-11(12)4/h7-8,13,16H,5-6,9H2,1-4H3. The van der Waals surface area contributed by atoms with Crippen molar-refractivity contribution in [2.45, 2.75) is 46.6 Å². The quantitative estimate of drug-likeness (QED) is 0.882. The molecule has 1 unspecified atom stereocenters. The number of aryl methyl sites for hydroxylation is 2. The average molecular weight is 290 g/mol. The SMILES string of the molecule is CCCNC(CC)c1nnc(-c2ccc(C)nc2C)s1. The molecule has 108 valence electrons. The second kappa shape index (κ2) is 6.90. The van der Waals surface area contributed by atoms with E-state index in [-0.39, 0.29) is 0 Å². The molecule has 0 aliphatic carbocycles. The summed E-state index contributed by atoms with van der Waals surface area (Å²) in [6.07, 6.45) is 2.16. The van der Waals surface area contributed by atoms with Gasteiger partial charge in [0.25, 0.3) is 0 Å². The maximum atomic E-state index is 4.50. The minimum Gasteiger partial charge on any atom is -0.308 e. The molecule has 5 heteroatoms. The van der Waals surface area contributed by atoms with Gasteiger partial charge < -0.3 is 5.32 Å². The third-order valence-corrected chi connectivity index (χ3v) is 4.31. The summed E-state index contributed by atoms with van der Waals surface area (Å²) >= 11 is 1.66. The molecule has 0 fully saturated rings. The van der Waals surface area contributed by atoms with Crippen molar-refractivity contribution in [2.24, 2.45) is 0 Å². The first kappa shape index (κ1) is 15.1. The summed E-state index contributed by atoms with van der Waals surface area (Å²) in [7, 11) is 0. The number of nitrogens with zero attached hydrogens (tertiary/aromatic N) is 3. The van der Waals surface area contributed by atoms with E-state index in [0.717, 1.165) is 46.4 Å². The molecule has 2 heterocycles. The third kappa shape index (κ3) is 3.41. The summed E-state index contributed by atoms with van der Waals surface area (Å²) in [5.74, 6) is 0. The van der Waals surface area contributed by atoms with E-state index in [1.165, 1.54) is 0 Å². The molecule has 0 aliphatic rings. The third-order valence-electron chi connectivity index (χ3n) is 3.24. The highest BCUT2D eigenvalue weighted by molar-refractivity contribution is 7.14. The average Bonchev–Trinajstić information content (AvgIpc) is 2.89. The van der Waals surface area contributed by atoms with Gasteiger partial charge in [0, 0.05) is 17.0 Å². The molecule has 0 aliphatic heterocycles. The van der Waals surface area contributed by atoms with Crippen molar-refractivity contribution in [1.29, 1.82) is 0 Å². The van der Waals surface area contributed by atoms with E-state index in [9.17, 15) is 0 Å². The van der Waals surface area contributed by atoms with Crippen LogP contribution in [0.5, 0.6) is 0 Å². The van der Waals surface area contributed by atoms with Crippen molar-refractivity contribution in [2.75, 3.05) is 6.54 Å². The van der Waals surface area contributed by atoms with Crippen LogP contribution in [-0.4, -0.2) is 21.7 Å². The number of aromatic nitrogens is 3. The molecule has 2 aromatic rings. The van der Waals surface area contributed by atoms with Gasteiger partial charge in [-0.15, -0.1) is 10.2 Å². The zero-order chi connectivity index (χ0) is 14.5. The van der Waals surface area contributed by atoms with Crippen LogP contribution in [0.2, 0.25) is 0 Å². The highest BCUT2D eigenvalue weighted by Gasteiger charge is 2.16. The monoisotopic (exact) mass is 290 g/mol. The Bertz CT molecular complexity index is 565. The van der Waals surface area contributed by atoms with E-state index >= 15 is 0 Å². The van der Waals surface area contributed by atoms with Gasteiger partial charge in [-0.2, -0.15) is 0 Å². The van der Waals surface area contributed by atoms with E-state index in [0.29, 0.717) is 6.04 Å². The summed E-state index contributed by atoms with van der Waals surface area (Å²) in [6.45, 7) is 9.39. The van der Waals surface area contributed by atoms with Gasteiger partial charge in [0.15, 0.2) is 0 Å². The van der Waals surface area contributed by atoms with E-state index in [1.54, 1.807) is 11.3 Å². The molecule has 0 saturated heterocycles. The van der Waals surface area contributed by atoms with Gasteiger partial charge in [0.05, 0.1) is 6.04 Å². The number of hydrogen-bond donors (Lipinski definition) is 1. The highest BCUT2D eigenvalue weighted by atomic mass is 32.1. The highest BCUT2D eigenvalue weighted by Crippen LogP contribution is 2.29. The second-order valence-corrected chi connectivity index (χ2v) is 5.96. The van der Waals surface area contributed by atoms with Crippen LogP contribution in [0.3, 0.4) is 0 Å². The Labute approximate surface area is 124 Å². The zero-order valence-corrected chi connectivity index (χ0v) is 13.4. The summed E-state index contributed by atoms with van der Waals surface area (Å²) in [6, 6.07) is 4.42. The molecule has 0 amide bonds. The first-order chi connectivity index (χ1) is 9.65. The fourth-order valence-corrected chi connectivity index (χ4v) is 3.20. The lowest BCUT2D eigenvalue weighted by Gasteiger charge is -2.12. The molecular formula is C15H22N4S. The Hall–Kier alpha value is -1.33. The van der Waals surface area contributed by atoms with Crippen LogP contribution < -0.4 is 5.32 Å². The van der Waals surface area contributed by atoms with E-state index in [2.05, 4.69) is 40.4 Å². The Balaban J connectivity index is 2.23. The molecule has 2 rings (SSSR count). The summed E-state index contributed by atoms with van der Waals surface area (Å²) in [5.41, 5.74) is 3.14. The van der Waals surface area contributed by atoms with Gasteiger partial charge in [-0.05, 0) is 45.4 Å². The Morgan fingerprint density at radius 1 is 1.20 bits per heavy atom. The van der Waals surface area contributed by atoms with Crippen LogP contribution in [0.1, 0.15) is 49.1 Å². The molecule has 0 aromatic carbocycles. The number of pyridine rings is 1. The van der Waals surface area contributed by atoms with Gasteiger partial charge in [0.2, 0.25) is 0 Å². The van der Waals surface area contributed by atoms with Crippen LogP contribution in [0, 0.1) is 13.8 Å². The van der Waals surface area contributed by atoms with Gasteiger partial charge in [0.1, 0.15) is 10.0 Å². The van der Waals surface area contributed by atoms with Crippen LogP contribution in [0.15, 0.2) is 12.1 Å². The molecular weight excluding hydrogens is 268 g/mol. The predicted molar refractivity (Wildman–Crippen MR) is 83.9 cm³/mol. The van der Waals surface area contributed by atoms with Gasteiger partial charge in [-0.25, -0.2) is 0 Å². The summed E-state index contributed by atoms with van der Waals surface area (Å²) in [5, 5.41) is 14.2. The normalized spacial score (nSPS) is 12.6. The van der Waals surface area contributed by atoms with Crippen LogP contribution in [-0.2, 0) is 0 Å². The molecule has 20 heavy (non-hydrogen) atoms. The maximum Gasteiger partial charge on any atom is 0.149 e.